The number of thioether (sulfide) groups is 1. The van der Waals surface area contributed by atoms with Crippen molar-refractivity contribution in [1.82, 2.24) is 4.90 Å². The zero-order valence-corrected chi connectivity index (χ0v) is 14.6. The van der Waals surface area contributed by atoms with Gasteiger partial charge in [-0.2, -0.15) is 5.26 Å². The maximum Gasteiger partial charge on any atom is 0.235 e. The van der Waals surface area contributed by atoms with Crippen LogP contribution in [0.3, 0.4) is 0 Å². The lowest BCUT2D eigenvalue weighted by atomic mass is 10.1. The predicted octanol–water partition coefficient (Wildman–Crippen LogP) is 3.16. The van der Waals surface area contributed by atoms with Gasteiger partial charge in [0.15, 0.2) is 0 Å². The quantitative estimate of drug-likeness (QED) is 0.848. The average Bonchev–Trinajstić information content (AvgIpc) is 3.21. The molecule has 0 radical (unpaired) electrons. The van der Waals surface area contributed by atoms with E-state index in [4.69, 9.17) is 12.2 Å². The molecule has 2 heterocycles. The third kappa shape index (κ3) is 3.29. The molecular formula is C15H17N3OS3. The minimum atomic E-state index is -0.0806. The number of aryl methyl sites for hydroxylation is 1. The number of rotatable bonds is 3. The summed E-state index contributed by atoms with van der Waals surface area (Å²) in [7, 11) is 0. The molecule has 4 nitrogen and oxygen atoms in total. The van der Waals surface area contributed by atoms with Crippen LogP contribution in [-0.2, 0) is 17.6 Å². The van der Waals surface area contributed by atoms with Gasteiger partial charge in [0.2, 0.25) is 5.91 Å². The number of carbonyl (C=O) groups excluding carboxylic acids is 1. The molecule has 1 N–H and O–H groups in total. The second kappa shape index (κ2) is 6.99. The van der Waals surface area contributed by atoms with Crippen LogP contribution >= 0.6 is 35.3 Å². The highest BCUT2D eigenvalue weighted by Gasteiger charge is 2.23. The van der Waals surface area contributed by atoms with Crippen LogP contribution in [0.15, 0.2) is 0 Å². The first kappa shape index (κ1) is 15.8. The number of nitrogens with zero attached hydrogens (tertiary/aromatic N) is 2. The molecule has 1 aliphatic carbocycles. The van der Waals surface area contributed by atoms with Gasteiger partial charge in [0.1, 0.15) is 15.4 Å². The highest BCUT2D eigenvalue weighted by molar-refractivity contribution is 8.23. The number of nitriles is 1. The van der Waals surface area contributed by atoms with E-state index < -0.39 is 0 Å². The Balaban J connectivity index is 1.56. The zero-order chi connectivity index (χ0) is 15.5. The van der Waals surface area contributed by atoms with Gasteiger partial charge >= 0.3 is 0 Å². The summed E-state index contributed by atoms with van der Waals surface area (Å²) in [6.45, 7) is 2.01. The Kier molecular flexibility index (Phi) is 5.01. The molecule has 116 valence electrons. The van der Waals surface area contributed by atoms with Crippen LogP contribution in [0.1, 0.15) is 35.3 Å². The van der Waals surface area contributed by atoms with Crippen LogP contribution in [0.25, 0.3) is 0 Å². The van der Waals surface area contributed by atoms with E-state index in [9.17, 15) is 10.1 Å². The van der Waals surface area contributed by atoms with Crippen molar-refractivity contribution in [2.75, 3.05) is 24.2 Å². The van der Waals surface area contributed by atoms with Gasteiger partial charge in [0.05, 0.1) is 11.3 Å². The van der Waals surface area contributed by atoms with E-state index in [2.05, 4.69) is 16.3 Å². The lowest BCUT2D eigenvalue weighted by Gasteiger charge is -2.17. The first-order valence-corrected chi connectivity index (χ1v) is 9.66. The normalized spacial score (nSPS) is 16.4. The number of amides is 1. The van der Waals surface area contributed by atoms with Crippen molar-refractivity contribution < 1.29 is 4.79 Å². The first-order chi connectivity index (χ1) is 10.7. The van der Waals surface area contributed by atoms with Crippen LogP contribution in [0.4, 0.5) is 5.00 Å². The van der Waals surface area contributed by atoms with Crippen molar-refractivity contribution in [3.63, 3.8) is 0 Å². The zero-order valence-electron chi connectivity index (χ0n) is 12.2. The van der Waals surface area contributed by atoms with E-state index in [1.165, 1.54) is 29.5 Å². The maximum absolute atomic E-state index is 12.1. The Morgan fingerprint density at radius 2 is 2.14 bits per heavy atom. The van der Waals surface area contributed by atoms with Gasteiger partial charge in [-0.25, -0.2) is 0 Å². The second-order valence-electron chi connectivity index (χ2n) is 5.47. The number of hydrogen-bond donors (Lipinski definition) is 1. The van der Waals surface area contributed by atoms with Crippen molar-refractivity contribution in [3.05, 3.63) is 16.0 Å². The van der Waals surface area contributed by atoms with E-state index >= 15 is 0 Å². The van der Waals surface area contributed by atoms with Gasteiger partial charge in [-0.3, -0.25) is 4.79 Å². The maximum atomic E-state index is 12.1. The molecule has 7 heteroatoms. The monoisotopic (exact) mass is 351 g/mol. The summed E-state index contributed by atoms with van der Waals surface area (Å²) in [5.74, 6) is 0.228. The van der Waals surface area contributed by atoms with Gasteiger partial charge in [0.25, 0.3) is 0 Å². The number of carbonyl (C=O) groups is 1. The smallest absolute Gasteiger partial charge is 0.235 e. The number of likely N-dealkylation sites (tertiary alicyclic amines) is 1. The Hall–Kier alpha value is -1.10. The minimum Gasteiger partial charge on any atom is -0.358 e. The SMILES string of the molecule is N#Cc1c(NC(=O)CSC(=S)N2CCCC2)sc2c1CCC2. The van der Waals surface area contributed by atoms with Crippen LogP contribution in [0.2, 0.25) is 0 Å². The third-order valence-electron chi connectivity index (χ3n) is 3.98. The summed E-state index contributed by atoms with van der Waals surface area (Å²) >= 11 is 8.32. The second-order valence-corrected chi connectivity index (χ2v) is 8.18. The summed E-state index contributed by atoms with van der Waals surface area (Å²) in [5, 5.41) is 12.9. The number of anilines is 1. The summed E-state index contributed by atoms with van der Waals surface area (Å²) in [6, 6.07) is 2.25. The van der Waals surface area contributed by atoms with Crippen LogP contribution in [0, 0.1) is 11.3 Å². The average molecular weight is 352 g/mol. The molecule has 0 bridgehead atoms. The Bertz CT molecular complexity index is 641. The topological polar surface area (TPSA) is 56.1 Å². The van der Waals surface area contributed by atoms with Crippen LogP contribution in [-0.4, -0.2) is 34.0 Å². The fourth-order valence-electron chi connectivity index (χ4n) is 2.89. The van der Waals surface area contributed by atoms with E-state index in [-0.39, 0.29) is 5.91 Å². The summed E-state index contributed by atoms with van der Waals surface area (Å²) in [4.78, 5) is 15.5. The molecule has 1 amide bonds. The summed E-state index contributed by atoms with van der Waals surface area (Å²) < 4.78 is 0.807. The van der Waals surface area contributed by atoms with E-state index in [1.807, 2.05) is 0 Å². The van der Waals surface area contributed by atoms with E-state index in [0.717, 1.165) is 42.2 Å². The number of nitrogens with one attached hydrogen (secondary N) is 1. The van der Waals surface area contributed by atoms with Crippen LogP contribution < -0.4 is 5.32 Å². The Labute approximate surface area is 143 Å². The Morgan fingerprint density at radius 3 is 2.86 bits per heavy atom. The lowest BCUT2D eigenvalue weighted by Crippen LogP contribution is -2.25. The fraction of sp³-hybridized carbons (Fsp3) is 0.533. The van der Waals surface area contributed by atoms with Gasteiger partial charge in [0, 0.05) is 18.0 Å². The lowest BCUT2D eigenvalue weighted by molar-refractivity contribution is -0.113. The molecule has 0 spiro atoms. The van der Waals surface area contributed by atoms with Gasteiger partial charge < -0.3 is 10.2 Å². The molecular weight excluding hydrogens is 334 g/mol. The molecule has 22 heavy (non-hydrogen) atoms. The van der Waals surface area contributed by atoms with Gasteiger partial charge in [-0.05, 0) is 37.7 Å². The van der Waals surface area contributed by atoms with Gasteiger partial charge in [-0.1, -0.05) is 24.0 Å². The molecule has 1 aliphatic heterocycles. The van der Waals surface area contributed by atoms with E-state index in [1.54, 1.807) is 11.3 Å². The third-order valence-corrected chi connectivity index (χ3v) is 6.71. The summed E-state index contributed by atoms with van der Waals surface area (Å²) in [6.07, 6.45) is 5.46. The van der Waals surface area contributed by atoms with E-state index in [0.29, 0.717) is 16.3 Å². The standard InChI is InChI=1S/C15H17N3OS3/c16-8-11-10-4-3-5-12(10)22-14(11)17-13(19)9-21-15(20)18-6-1-2-7-18/h1-7,9H2,(H,17,19). The molecule has 0 unspecified atom stereocenters. The molecule has 1 saturated heterocycles. The van der Waals surface area contributed by atoms with Crippen molar-refractivity contribution in [2.45, 2.75) is 32.1 Å². The molecule has 3 rings (SSSR count). The molecule has 1 fully saturated rings. The first-order valence-electron chi connectivity index (χ1n) is 7.45. The number of fused-ring (bicyclic) bond motifs is 1. The molecule has 0 aromatic carbocycles. The highest BCUT2D eigenvalue weighted by atomic mass is 32.2. The van der Waals surface area contributed by atoms with Crippen molar-refractivity contribution >= 4 is 50.5 Å². The molecule has 2 aliphatic rings. The Morgan fingerprint density at radius 1 is 1.36 bits per heavy atom. The molecule has 1 aromatic heterocycles. The number of hydrogen-bond acceptors (Lipinski definition) is 5. The van der Waals surface area contributed by atoms with Crippen LogP contribution in [0.5, 0.6) is 0 Å². The fourth-order valence-corrected chi connectivity index (χ4v) is 5.20. The largest absolute Gasteiger partial charge is 0.358 e. The predicted molar refractivity (Wildman–Crippen MR) is 95.6 cm³/mol. The molecule has 0 atom stereocenters. The van der Waals surface area contributed by atoms with Crippen molar-refractivity contribution in [2.24, 2.45) is 0 Å². The molecule has 0 saturated carbocycles. The highest BCUT2D eigenvalue weighted by Crippen LogP contribution is 2.38. The van der Waals surface area contributed by atoms with Crippen molar-refractivity contribution in [1.29, 1.82) is 5.26 Å². The number of thiocarbonyl (C=S) groups is 1. The molecule has 1 aromatic rings. The van der Waals surface area contributed by atoms with Crippen molar-refractivity contribution in [3.8, 4) is 6.07 Å². The minimum absolute atomic E-state index is 0.0806. The number of thiophene rings is 1. The van der Waals surface area contributed by atoms with Gasteiger partial charge in [-0.15, -0.1) is 11.3 Å². The summed E-state index contributed by atoms with van der Waals surface area (Å²) in [5.41, 5.74) is 1.81.